The van der Waals surface area contributed by atoms with Crippen molar-refractivity contribution < 1.29 is 29.3 Å². The van der Waals surface area contributed by atoms with Gasteiger partial charge in [-0.1, -0.05) is 6.07 Å². The predicted molar refractivity (Wildman–Crippen MR) is 119 cm³/mol. The summed E-state index contributed by atoms with van der Waals surface area (Å²) in [6.45, 7) is 6.91. The van der Waals surface area contributed by atoms with E-state index in [1.807, 2.05) is 6.33 Å². The molecular weight excluding hydrogens is 412 g/mol. The molecule has 2 N–H and O–H groups in total. The van der Waals surface area contributed by atoms with E-state index < -0.39 is 11.9 Å². The molecule has 32 heavy (non-hydrogen) atoms. The molecule has 1 aliphatic rings. The van der Waals surface area contributed by atoms with Crippen molar-refractivity contribution in [1.82, 2.24) is 9.55 Å². The van der Waals surface area contributed by atoms with Gasteiger partial charge in [0.1, 0.15) is 12.4 Å². The summed E-state index contributed by atoms with van der Waals surface area (Å²) in [6.07, 6.45) is 5.56. The number of carboxylic acid groups (broad SMARTS) is 2. The summed E-state index contributed by atoms with van der Waals surface area (Å²) in [6, 6.07) is 10.8. The van der Waals surface area contributed by atoms with Gasteiger partial charge in [-0.25, -0.2) is 14.6 Å². The molecule has 0 fully saturated rings. The SMILES string of the molecule is Cc1cc2ncn(CCOCCOc3ccc4c(c3)CCC4)c2cc1C.O=C(O)C(=O)O. The summed E-state index contributed by atoms with van der Waals surface area (Å²) >= 11 is 0. The molecule has 4 rings (SSSR count). The summed E-state index contributed by atoms with van der Waals surface area (Å²) in [7, 11) is 0. The zero-order valence-electron chi connectivity index (χ0n) is 18.3. The molecular formula is C24H28N2O6. The molecule has 0 saturated heterocycles. The first kappa shape index (κ1) is 23.3. The van der Waals surface area contributed by atoms with Crippen LogP contribution in [0.15, 0.2) is 36.7 Å². The quantitative estimate of drug-likeness (QED) is 0.428. The Hall–Kier alpha value is -3.39. The molecule has 3 aromatic rings. The van der Waals surface area contributed by atoms with Crippen molar-refractivity contribution in [2.75, 3.05) is 19.8 Å². The van der Waals surface area contributed by atoms with Gasteiger partial charge in [-0.3, -0.25) is 0 Å². The zero-order valence-corrected chi connectivity index (χ0v) is 18.3. The second kappa shape index (κ2) is 10.8. The number of carbonyl (C=O) groups is 2. The lowest BCUT2D eigenvalue weighted by atomic mass is 10.1. The number of aromatic nitrogens is 2. The standard InChI is InChI=1S/C22H26N2O2.C2H2O4/c1-16-12-21-22(13-17(16)2)24(15-23-21)8-9-25-10-11-26-20-7-6-18-4-3-5-19(18)14-20;3-1(4)2(5)6/h6-7,12-15H,3-5,8-11H2,1-2H3;(H,3,4)(H,5,6). The average molecular weight is 440 g/mol. The molecule has 8 nitrogen and oxygen atoms in total. The van der Waals surface area contributed by atoms with Gasteiger partial charge in [-0.2, -0.15) is 0 Å². The van der Waals surface area contributed by atoms with Gasteiger partial charge in [0.2, 0.25) is 0 Å². The van der Waals surface area contributed by atoms with Crippen molar-refractivity contribution in [3.8, 4) is 5.75 Å². The van der Waals surface area contributed by atoms with Crippen LogP contribution in [0.1, 0.15) is 28.7 Å². The van der Waals surface area contributed by atoms with Crippen molar-refractivity contribution in [1.29, 1.82) is 0 Å². The Kier molecular flexibility index (Phi) is 7.83. The molecule has 0 unspecified atom stereocenters. The van der Waals surface area contributed by atoms with Crippen LogP contribution in [-0.2, 0) is 33.7 Å². The number of carboxylic acids is 2. The predicted octanol–water partition coefficient (Wildman–Crippen LogP) is 3.39. The van der Waals surface area contributed by atoms with Crippen LogP contribution in [0.2, 0.25) is 0 Å². The van der Waals surface area contributed by atoms with E-state index in [1.54, 1.807) is 0 Å². The minimum Gasteiger partial charge on any atom is -0.491 e. The minimum atomic E-state index is -1.82. The molecule has 0 aliphatic heterocycles. The molecule has 8 heteroatoms. The fourth-order valence-corrected chi connectivity index (χ4v) is 3.61. The van der Waals surface area contributed by atoms with Crippen LogP contribution < -0.4 is 4.74 Å². The number of aliphatic carboxylic acids is 2. The maximum atomic E-state index is 9.10. The Morgan fingerprint density at radius 3 is 2.44 bits per heavy atom. The maximum absolute atomic E-state index is 9.10. The molecule has 0 spiro atoms. The third-order valence-electron chi connectivity index (χ3n) is 5.46. The Labute approximate surface area is 186 Å². The van der Waals surface area contributed by atoms with E-state index in [0.717, 1.165) is 17.8 Å². The third kappa shape index (κ3) is 6.07. The monoisotopic (exact) mass is 440 g/mol. The van der Waals surface area contributed by atoms with Crippen molar-refractivity contribution in [3.63, 3.8) is 0 Å². The normalized spacial score (nSPS) is 12.2. The van der Waals surface area contributed by atoms with E-state index in [9.17, 15) is 0 Å². The van der Waals surface area contributed by atoms with Gasteiger partial charge in [0, 0.05) is 6.54 Å². The lowest BCUT2D eigenvalue weighted by Crippen LogP contribution is -2.11. The van der Waals surface area contributed by atoms with E-state index in [-0.39, 0.29) is 0 Å². The van der Waals surface area contributed by atoms with Crippen molar-refractivity contribution in [2.24, 2.45) is 0 Å². The van der Waals surface area contributed by atoms with Crippen LogP contribution in [0, 0.1) is 13.8 Å². The van der Waals surface area contributed by atoms with Crippen molar-refractivity contribution in [3.05, 3.63) is 58.9 Å². The first-order chi connectivity index (χ1) is 15.3. The molecule has 0 radical (unpaired) electrons. The van der Waals surface area contributed by atoms with Gasteiger partial charge in [-0.15, -0.1) is 0 Å². The number of fused-ring (bicyclic) bond motifs is 2. The Morgan fingerprint density at radius 2 is 1.69 bits per heavy atom. The van der Waals surface area contributed by atoms with Crippen LogP contribution in [0.25, 0.3) is 11.0 Å². The number of hydrogen-bond donors (Lipinski definition) is 2. The van der Waals surface area contributed by atoms with E-state index in [0.29, 0.717) is 19.8 Å². The minimum absolute atomic E-state index is 0.585. The highest BCUT2D eigenvalue weighted by Gasteiger charge is 2.11. The fourth-order valence-electron chi connectivity index (χ4n) is 3.61. The number of rotatable bonds is 7. The third-order valence-corrected chi connectivity index (χ3v) is 5.46. The van der Waals surface area contributed by atoms with E-state index in [1.165, 1.54) is 47.0 Å². The van der Waals surface area contributed by atoms with Crippen LogP contribution in [0.4, 0.5) is 0 Å². The summed E-state index contributed by atoms with van der Waals surface area (Å²) in [4.78, 5) is 22.7. The van der Waals surface area contributed by atoms with Crippen LogP contribution in [0.5, 0.6) is 5.75 Å². The molecule has 1 aliphatic carbocycles. The van der Waals surface area contributed by atoms with Gasteiger partial charge in [0.05, 0.1) is 30.6 Å². The first-order valence-electron chi connectivity index (χ1n) is 10.6. The second-order valence-corrected chi connectivity index (χ2v) is 7.72. The maximum Gasteiger partial charge on any atom is 0.414 e. The number of imidazole rings is 1. The summed E-state index contributed by atoms with van der Waals surface area (Å²) < 4.78 is 13.7. The Balaban J connectivity index is 0.000000427. The fraction of sp³-hybridized carbons (Fsp3) is 0.375. The summed E-state index contributed by atoms with van der Waals surface area (Å²) in [5.74, 6) is -2.69. The second-order valence-electron chi connectivity index (χ2n) is 7.72. The Morgan fingerprint density at radius 1 is 0.969 bits per heavy atom. The van der Waals surface area contributed by atoms with Gasteiger partial charge >= 0.3 is 11.9 Å². The van der Waals surface area contributed by atoms with E-state index in [4.69, 9.17) is 29.3 Å². The largest absolute Gasteiger partial charge is 0.491 e. The highest BCUT2D eigenvalue weighted by atomic mass is 16.5. The average Bonchev–Trinajstić information content (AvgIpc) is 3.38. The lowest BCUT2D eigenvalue weighted by Gasteiger charge is -2.10. The summed E-state index contributed by atoms with van der Waals surface area (Å²) in [5.41, 5.74) is 7.72. The van der Waals surface area contributed by atoms with Crippen LogP contribution in [-0.4, -0.2) is 51.5 Å². The van der Waals surface area contributed by atoms with Crippen molar-refractivity contribution in [2.45, 2.75) is 39.7 Å². The molecule has 0 bridgehead atoms. The molecule has 0 atom stereocenters. The van der Waals surface area contributed by atoms with E-state index in [2.05, 4.69) is 53.7 Å². The van der Waals surface area contributed by atoms with E-state index >= 15 is 0 Å². The highest BCUT2D eigenvalue weighted by Crippen LogP contribution is 2.26. The summed E-state index contributed by atoms with van der Waals surface area (Å²) in [5, 5.41) is 14.8. The van der Waals surface area contributed by atoms with Crippen LogP contribution in [0.3, 0.4) is 0 Å². The van der Waals surface area contributed by atoms with Gasteiger partial charge < -0.3 is 24.3 Å². The number of ether oxygens (including phenoxy) is 2. The van der Waals surface area contributed by atoms with Crippen molar-refractivity contribution >= 4 is 23.0 Å². The first-order valence-corrected chi connectivity index (χ1v) is 10.6. The topological polar surface area (TPSA) is 111 Å². The molecule has 1 aromatic heterocycles. The zero-order chi connectivity index (χ0) is 23.1. The molecule has 2 aromatic carbocycles. The lowest BCUT2D eigenvalue weighted by molar-refractivity contribution is -0.159. The number of aryl methyl sites for hydroxylation is 4. The van der Waals surface area contributed by atoms with Gasteiger partial charge in [-0.05, 0) is 79.6 Å². The number of hydrogen-bond acceptors (Lipinski definition) is 5. The Bertz CT molecular complexity index is 1090. The molecule has 1 heterocycles. The number of benzene rings is 2. The van der Waals surface area contributed by atoms with Gasteiger partial charge in [0.15, 0.2) is 0 Å². The molecule has 170 valence electrons. The smallest absolute Gasteiger partial charge is 0.414 e. The molecule has 0 amide bonds. The number of nitrogens with zero attached hydrogens (tertiary/aromatic N) is 2. The van der Waals surface area contributed by atoms with Gasteiger partial charge in [0.25, 0.3) is 0 Å². The molecule has 0 saturated carbocycles. The van der Waals surface area contributed by atoms with Crippen LogP contribution >= 0.6 is 0 Å². The highest BCUT2D eigenvalue weighted by molar-refractivity contribution is 6.27.